The Kier molecular flexibility index (Phi) is 5.94. The highest BCUT2D eigenvalue weighted by molar-refractivity contribution is 7.92. The van der Waals surface area contributed by atoms with E-state index in [4.69, 9.17) is 4.74 Å². The zero-order chi connectivity index (χ0) is 18.7. The van der Waals surface area contributed by atoms with E-state index in [0.29, 0.717) is 26.3 Å². The first kappa shape index (κ1) is 19.5. The number of rotatable bonds is 5. The number of hydrogen-bond acceptors (Lipinski definition) is 4. The number of carbonyl (C=O) groups excluding carboxylic acids is 1. The number of benzene rings is 1. The van der Waals surface area contributed by atoms with Crippen molar-refractivity contribution in [1.82, 2.24) is 4.90 Å². The van der Waals surface area contributed by atoms with E-state index in [-0.39, 0.29) is 24.6 Å². The third-order valence-corrected chi connectivity index (χ3v) is 4.95. The van der Waals surface area contributed by atoms with Gasteiger partial charge in [0.25, 0.3) is 0 Å². The molecule has 2 rings (SSSR count). The average molecular weight is 380 g/mol. The highest BCUT2D eigenvalue weighted by Gasteiger charge is 2.31. The number of ether oxygens (including phenoxy) is 1. The van der Waals surface area contributed by atoms with Gasteiger partial charge in [0.1, 0.15) is 0 Å². The third kappa shape index (κ3) is 5.33. The van der Waals surface area contributed by atoms with E-state index in [9.17, 15) is 26.4 Å². The zero-order valence-electron chi connectivity index (χ0n) is 13.6. The van der Waals surface area contributed by atoms with Crippen molar-refractivity contribution in [2.45, 2.75) is 12.6 Å². The van der Waals surface area contributed by atoms with Gasteiger partial charge in [-0.05, 0) is 18.2 Å². The smallest absolute Gasteiger partial charge is 0.378 e. The fraction of sp³-hybridized carbons (Fsp3) is 0.533. The normalized spacial score (nSPS) is 15.9. The average Bonchev–Trinajstić information content (AvgIpc) is 2.54. The minimum Gasteiger partial charge on any atom is -0.378 e. The minimum atomic E-state index is -4.58. The van der Waals surface area contributed by atoms with Crippen LogP contribution in [0.2, 0.25) is 0 Å². The van der Waals surface area contributed by atoms with E-state index in [1.165, 1.54) is 6.07 Å². The molecule has 0 N–H and O–H groups in total. The van der Waals surface area contributed by atoms with Crippen molar-refractivity contribution < 1.29 is 31.1 Å². The van der Waals surface area contributed by atoms with Crippen LogP contribution in [-0.4, -0.2) is 58.3 Å². The fourth-order valence-electron chi connectivity index (χ4n) is 2.49. The first-order chi connectivity index (χ1) is 11.6. The van der Waals surface area contributed by atoms with Crippen molar-refractivity contribution in [3.63, 3.8) is 0 Å². The van der Waals surface area contributed by atoms with Gasteiger partial charge in [0.05, 0.1) is 30.7 Å². The van der Waals surface area contributed by atoms with E-state index >= 15 is 0 Å². The summed E-state index contributed by atoms with van der Waals surface area (Å²) in [6.07, 6.45) is -3.81. The molecule has 0 spiro atoms. The number of carbonyl (C=O) groups is 1. The van der Waals surface area contributed by atoms with E-state index in [0.717, 1.165) is 28.8 Å². The summed E-state index contributed by atoms with van der Waals surface area (Å²) in [6, 6.07) is 4.04. The number of morpholine rings is 1. The molecule has 1 fully saturated rings. The van der Waals surface area contributed by atoms with Crippen LogP contribution in [-0.2, 0) is 25.7 Å². The van der Waals surface area contributed by atoms with Crippen molar-refractivity contribution >= 4 is 21.6 Å². The Hall–Kier alpha value is -1.81. The molecule has 6 nitrogen and oxygen atoms in total. The first-order valence-electron chi connectivity index (χ1n) is 7.59. The number of halogens is 3. The summed E-state index contributed by atoms with van der Waals surface area (Å²) >= 11 is 0. The van der Waals surface area contributed by atoms with Crippen LogP contribution in [0.25, 0.3) is 0 Å². The van der Waals surface area contributed by atoms with Gasteiger partial charge >= 0.3 is 6.18 Å². The van der Waals surface area contributed by atoms with Gasteiger partial charge in [-0.3, -0.25) is 9.10 Å². The molecule has 0 saturated carbocycles. The molecule has 0 bridgehead atoms. The van der Waals surface area contributed by atoms with Crippen molar-refractivity contribution in [1.29, 1.82) is 0 Å². The number of alkyl halides is 3. The maximum absolute atomic E-state index is 12.8. The molecule has 1 aromatic rings. The number of hydrogen-bond donors (Lipinski definition) is 0. The van der Waals surface area contributed by atoms with E-state index in [2.05, 4.69) is 0 Å². The van der Waals surface area contributed by atoms with E-state index < -0.39 is 21.8 Å². The molecule has 1 heterocycles. The summed E-state index contributed by atoms with van der Waals surface area (Å²) in [5, 5.41) is 0. The van der Waals surface area contributed by atoms with Crippen LogP contribution in [0.3, 0.4) is 0 Å². The Labute approximate surface area is 144 Å². The van der Waals surface area contributed by atoms with Gasteiger partial charge in [0.15, 0.2) is 0 Å². The van der Waals surface area contributed by atoms with Gasteiger partial charge in [-0.15, -0.1) is 0 Å². The van der Waals surface area contributed by atoms with E-state index in [1.54, 1.807) is 4.90 Å². The summed E-state index contributed by atoms with van der Waals surface area (Å²) in [4.78, 5) is 13.7. The molecule has 1 amide bonds. The maximum atomic E-state index is 12.8. The lowest BCUT2D eigenvalue weighted by atomic mass is 10.2. The molecule has 0 radical (unpaired) electrons. The Morgan fingerprint density at radius 2 is 1.92 bits per heavy atom. The standard InChI is InChI=1S/C15H19F3N2O4S/c1-25(22,23)20(6-5-14(21)19-7-9-24-10-8-19)13-4-2-3-12(11-13)15(16,17)18/h2-4,11H,5-10H2,1H3. The van der Waals surface area contributed by atoms with Crippen LogP contribution in [0.5, 0.6) is 0 Å². The topological polar surface area (TPSA) is 66.9 Å². The molecule has 1 aromatic carbocycles. The highest BCUT2D eigenvalue weighted by Crippen LogP contribution is 2.32. The molecule has 0 aliphatic carbocycles. The zero-order valence-corrected chi connectivity index (χ0v) is 14.4. The highest BCUT2D eigenvalue weighted by atomic mass is 32.2. The minimum absolute atomic E-state index is 0.118. The third-order valence-electron chi connectivity index (χ3n) is 3.75. The molecule has 140 valence electrons. The molecule has 0 atom stereocenters. The van der Waals surface area contributed by atoms with E-state index in [1.807, 2.05) is 0 Å². The fourth-order valence-corrected chi connectivity index (χ4v) is 3.41. The monoisotopic (exact) mass is 380 g/mol. The maximum Gasteiger partial charge on any atom is 0.416 e. The van der Waals surface area contributed by atoms with Crippen LogP contribution in [0.1, 0.15) is 12.0 Å². The lowest BCUT2D eigenvalue weighted by Gasteiger charge is -2.28. The summed E-state index contributed by atoms with van der Waals surface area (Å²) in [6.45, 7) is 1.43. The Balaban J connectivity index is 2.16. The van der Waals surface area contributed by atoms with Gasteiger partial charge in [0, 0.05) is 26.1 Å². The van der Waals surface area contributed by atoms with Gasteiger partial charge < -0.3 is 9.64 Å². The summed E-state index contributed by atoms with van der Waals surface area (Å²) in [5.41, 5.74) is -1.06. The largest absolute Gasteiger partial charge is 0.416 e. The first-order valence-corrected chi connectivity index (χ1v) is 9.44. The van der Waals surface area contributed by atoms with Crippen LogP contribution in [0.15, 0.2) is 24.3 Å². The number of anilines is 1. The molecule has 10 heteroatoms. The second kappa shape index (κ2) is 7.61. The van der Waals surface area contributed by atoms with Gasteiger partial charge in [0.2, 0.25) is 15.9 Å². The Morgan fingerprint density at radius 1 is 1.28 bits per heavy atom. The molecular formula is C15H19F3N2O4S. The molecular weight excluding hydrogens is 361 g/mol. The molecule has 1 saturated heterocycles. The second-order valence-corrected chi connectivity index (χ2v) is 7.53. The van der Waals surface area contributed by atoms with Crippen LogP contribution >= 0.6 is 0 Å². The predicted molar refractivity (Wildman–Crippen MR) is 85.6 cm³/mol. The predicted octanol–water partition coefficient (Wildman–Crippen LogP) is 1.72. The van der Waals surface area contributed by atoms with Crippen LogP contribution in [0, 0.1) is 0 Å². The second-order valence-electron chi connectivity index (χ2n) is 5.63. The van der Waals surface area contributed by atoms with Gasteiger partial charge in [-0.1, -0.05) is 6.07 Å². The molecule has 25 heavy (non-hydrogen) atoms. The molecule has 1 aliphatic rings. The molecule has 1 aliphatic heterocycles. The number of nitrogens with zero attached hydrogens (tertiary/aromatic N) is 2. The SMILES string of the molecule is CS(=O)(=O)N(CCC(=O)N1CCOCC1)c1cccc(C(F)(F)F)c1. The number of sulfonamides is 1. The van der Waals surface area contributed by atoms with Crippen LogP contribution < -0.4 is 4.31 Å². The lowest BCUT2D eigenvalue weighted by molar-refractivity contribution is -0.137. The van der Waals surface area contributed by atoms with Crippen molar-refractivity contribution in [2.75, 3.05) is 43.4 Å². The number of amides is 1. The Morgan fingerprint density at radius 3 is 2.48 bits per heavy atom. The van der Waals surface area contributed by atoms with Crippen molar-refractivity contribution in [3.8, 4) is 0 Å². The Bertz CT molecular complexity index is 716. The van der Waals surface area contributed by atoms with Gasteiger partial charge in [-0.25, -0.2) is 8.42 Å². The van der Waals surface area contributed by atoms with Crippen molar-refractivity contribution in [3.05, 3.63) is 29.8 Å². The summed E-state index contributed by atoms with van der Waals surface area (Å²) in [5.74, 6) is -0.260. The summed E-state index contributed by atoms with van der Waals surface area (Å²) in [7, 11) is -3.84. The van der Waals surface area contributed by atoms with Crippen LogP contribution in [0.4, 0.5) is 18.9 Å². The summed E-state index contributed by atoms with van der Waals surface area (Å²) < 4.78 is 68.5. The molecule has 0 unspecified atom stereocenters. The quantitative estimate of drug-likeness (QED) is 0.780. The molecule has 0 aromatic heterocycles. The lowest BCUT2D eigenvalue weighted by Crippen LogP contribution is -2.42. The van der Waals surface area contributed by atoms with Gasteiger partial charge in [-0.2, -0.15) is 13.2 Å². The van der Waals surface area contributed by atoms with Crippen molar-refractivity contribution in [2.24, 2.45) is 0 Å².